The SMILES string of the molecule is CCCCCCCC(CCCCC)C(=O)c1cccs1. The Labute approximate surface area is 128 Å². The van der Waals surface area contributed by atoms with Crippen LogP contribution >= 0.6 is 11.3 Å². The zero-order chi connectivity index (χ0) is 14.6. The molecular formula is C18H30OS. The van der Waals surface area contributed by atoms with Gasteiger partial charge in [0.2, 0.25) is 0 Å². The molecule has 1 aromatic rings. The van der Waals surface area contributed by atoms with Crippen molar-refractivity contribution < 1.29 is 4.79 Å². The van der Waals surface area contributed by atoms with Crippen LogP contribution in [0, 0.1) is 5.92 Å². The molecule has 1 rings (SSSR count). The minimum absolute atomic E-state index is 0.266. The number of hydrogen-bond donors (Lipinski definition) is 0. The highest BCUT2D eigenvalue weighted by atomic mass is 32.1. The van der Waals surface area contributed by atoms with E-state index >= 15 is 0 Å². The van der Waals surface area contributed by atoms with Gasteiger partial charge < -0.3 is 0 Å². The molecule has 1 heterocycles. The number of carbonyl (C=O) groups is 1. The predicted molar refractivity (Wildman–Crippen MR) is 89.7 cm³/mol. The first-order chi connectivity index (χ1) is 9.79. The Kier molecular flexibility index (Phi) is 9.65. The van der Waals surface area contributed by atoms with Gasteiger partial charge in [0.1, 0.15) is 0 Å². The van der Waals surface area contributed by atoms with Gasteiger partial charge in [0.05, 0.1) is 4.88 Å². The average molecular weight is 295 g/mol. The van der Waals surface area contributed by atoms with Crippen LogP contribution in [0.15, 0.2) is 17.5 Å². The molecule has 1 unspecified atom stereocenters. The number of carbonyl (C=O) groups excluding carboxylic acids is 1. The average Bonchev–Trinajstić information content (AvgIpc) is 2.99. The lowest BCUT2D eigenvalue weighted by molar-refractivity contribution is 0.0906. The van der Waals surface area contributed by atoms with Crippen LogP contribution in [-0.2, 0) is 0 Å². The van der Waals surface area contributed by atoms with Crippen molar-refractivity contribution in [1.82, 2.24) is 0 Å². The third kappa shape index (κ3) is 6.69. The summed E-state index contributed by atoms with van der Waals surface area (Å²) in [5, 5.41) is 2.01. The summed E-state index contributed by atoms with van der Waals surface area (Å²) in [6, 6.07) is 3.97. The van der Waals surface area contributed by atoms with Crippen LogP contribution in [0.4, 0.5) is 0 Å². The number of thiophene rings is 1. The summed E-state index contributed by atoms with van der Waals surface area (Å²) in [5.74, 6) is 0.661. The molecule has 0 aliphatic rings. The van der Waals surface area contributed by atoms with Crippen molar-refractivity contribution >= 4 is 17.1 Å². The van der Waals surface area contributed by atoms with Crippen molar-refractivity contribution in [3.63, 3.8) is 0 Å². The van der Waals surface area contributed by atoms with E-state index in [2.05, 4.69) is 13.8 Å². The van der Waals surface area contributed by atoms with Gasteiger partial charge in [-0.2, -0.15) is 0 Å². The fourth-order valence-electron chi connectivity index (χ4n) is 2.66. The van der Waals surface area contributed by atoms with Crippen molar-refractivity contribution in [3.8, 4) is 0 Å². The Morgan fingerprint density at radius 1 is 1.00 bits per heavy atom. The molecule has 0 bridgehead atoms. The summed E-state index contributed by atoms with van der Waals surface area (Å²) >= 11 is 1.60. The molecule has 0 aliphatic carbocycles. The van der Waals surface area contributed by atoms with Gasteiger partial charge in [-0.25, -0.2) is 0 Å². The Bertz CT molecular complexity index is 342. The Balaban J connectivity index is 2.40. The van der Waals surface area contributed by atoms with E-state index in [9.17, 15) is 4.79 Å². The molecule has 0 spiro atoms. The lowest BCUT2D eigenvalue weighted by Gasteiger charge is -2.14. The second-order valence-corrected chi connectivity index (χ2v) is 6.68. The molecule has 1 atom stereocenters. The Morgan fingerprint density at radius 2 is 1.60 bits per heavy atom. The zero-order valence-corrected chi connectivity index (χ0v) is 14.0. The predicted octanol–water partition coefficient (Wildman–Crippen LogP) is 6.49. The van der Waals surface area contributed by atoms with Crippen molar-refractivity contribution in [3.05, 3.63) is 22.4 Å². The van der Waals surface area contributed by atoms with E-state index < -0.39 is 0 Å². The van der Waals surface area contributed by atoms with Crippen molar-refractivity contribution in [1.29, 1.82) is 0 Å². The molecule has 0 N–H and O–H groups in total. The first-order valence-electron chi connectivity index (χ1n) is 8.37. The zero-order valence-electron chi connectivity index (χ0n) is 13.2. The van der Waals surface area contributed by atoms with Crippen LogP contribution in [0.25, 0.3) is 0 Å². The maximum absolute atomic E-state index is 12.5. The molecule has 20 heavy (non-hydrogen) atoms. The van der Waals surface area contributed by atoms with Crippen LogP contribution in [0.2, 0.25) is 0 Å². The van der Waals surface area contributed by atoms with E-state index in [1.54, 1.807) is 11.3 Å². The summed E-state index contributed by atoms with van der Waals surface area (Å²) in [6.07, 6.45) is 12.3. The first-order valence-corrected chi connectivity index (χ1v) is 9.25. The molecule has 0 saturated heterocycles. The molecule has 2 heteroatoms. The number of Topliss-reactive ketones (excluding diaryl/α,β-unsaturated/α-hetero) is 1. The minimum atomic E-state index is 0.266. The molecule has 1 aromatic heterocycles. The van der Waals surface area contributed by atoms with Gasteiger partial charge in [0, 0.05) is 5.92 Å². The fraction of sp³-hybridized carbons (Fsp3) is 0.722. The number of unbranched alkanes of at least 4 members (excludes halogenated alkanes) is 6. The van der Waals surface area contributed by atoms with Crippen LogP contribution < -0.4 is 0 Å². The van der Waals surface area contributed by atoms with Gasteiger partial charge >= 0.3 is 0 Å². The third-order valence-electron chi connectivity index (χ3n) is 3.95. The van der Waals surface area contributed by atoms with Gasteiger partial charge in [-0.1, -0.05) is 71.3 Å². The molecule has 0 aliphatic heterocycles. The van der Waals surface area contributed by atoms with E-state index in [1.807, 2.05) is 17.5 Å². The highest BCUT2D eigenvalue weighted by molar-refractivity contribution is 7.12. The molecule has 114 valence electrons. The van der Waals surface area contributed by atoms with E-state index in [0.717, 1.165) is 17.7 Å². The molecule has 1 nitrogen and oxygen atoms in total. The lowest BCUT2D eigenvalue weighted by atomic mass is 9.90. The summed E-state index contributed by atoms with van der Waals surface area (Å²) in [4.78, 5) is 13.5. The van der Waals surface area contributed by atoms with Gasteiger partial charge in [-0.05, 0) is 24.3 Å². The number of hydrogen-bond acceptors (Lipinski definition) is 2. The maximum atomic E-state index is 12.5. The third-order valence-corrected chi connectivity index (χ3v) is 4.83. The van der Waals surface area contributed by atoms with E-state index in [4.69, 9.17) is 0 Å². The van der Waals surface area contributed by atoms with E-state index in [1.165, 1.54) is 51.4 Å². The Morgan fingerprint density at radius 3 is 2.20 bits per heavy atom. The number of rotatable bonds is 12. The quantitative estimate of drug-likeness (QED) is 0.318. The van der Waals surface area contributed by atoms with Crippen molar-refractivity contribution in [2.45, 2.75) is 78.1 Å². The number of ketones is 1. The fourth-order valence-corrected chi connectivity index (χ4v) is 3.41. The summed E-state index contributed by atoms with van der Waals surface area (Å²) < 4.78 is 0. The second-order valence-electron chi connectivity index (χ2n) is 5.74. The van der Waals surface area contributed by atoms with Gasteiger partial charge in [-0.15, -0.1) is 11.3 Å². The maximum Gasteiger partial charge on any atom is 0.175 e. The second kappa shape index (κ2) is 11.1. The van der Waals surface area contributed by atoms with Crippen LogP contribution in [0.5, 0.6) is 0 Å². The normalized spacial score (nSPS) is 12.5. The van der Waals surface area contributed by atoms with Gasteiger partial charge in [0.25, 0.3) is 0 Å². The van der Waals surface area contributed by atoms with Crippen LogP contribution in [-0.4, -0.2) is 5.78 Å². The summed E-state index contributed by atoms with van der Waals surface area (Å²) in [6.45, 7) is 4.47. The van der Waals surface area contributed by atoms with Crippen molar-refractivity contribution in [2.75, 3.05) is 0 Å². The largest absolute Gasteiger partial charge is 0.293 e. The van der Waals surface area contributed by atoms with Gasteiger partial charge in [-0.3, -0.25) is 4.79 Å². The van der Waals surface area contributed by atoms with Crippen molar-refractivity contribution in [2.24, 2.45) is 5.92 Å². The molecule has 0 saturated carbocycles. The molecule has 0 fully saturated rings. The van der Waals surface area contributed by atoms with Crippen LogP contribution in [0.1, 0.15) is 87.7 Å². The minimum Gasteiger partial charge on any atom is -0.293 e. The molecule has 0 radical (unpaired) electrons. The standard InChI is InChI=1S/C18H30OS/c1-3-5-7-8-10-13-16(12-9-6-4-2)18(19)17-14-11-15-20-17/h11,14-16H,3-10,12-13H2,1-2H3. The summed E-state index contributed by atoms with van der Waals surface area (Å²) in [7, 11) is 0. The first kappa shape index (κ1) is 17.4. The van der Waals surface area contributed by atoms with E-state index in [-0.39, 0.29) is 5.92 Å². The van der Waals surface area contributed by atoms with Gasteiger partial charge in [0.15, 0.2) is 5.78 Å². The Hall–Kier alpha value is -0.630. The highest BCUT2D eigenvalue weighted by Gasteiger charge is 2.19. The molecule has 0 amide bonds. The smallest absolute Gasteiger partial charge is 0.175 e. The summed E-state index contributed by atoms with van der Waals surface area (Å²) in [5.41, 5.74) is 0. The monoisotopic (exact) mass is 294 g/mol. The highest BCUT2D eigenvalue weighted by Crippen LogP contribution is 2.24. The van der Waals surface area contributed by atoms with Crippen LogP contribution in [0.3, 0.4) is 0 Å². The molecular weight excluding hydrogens is 264 g/mol. The lowest BCUT2D eigenvalue weighted by Crippen LogP contribution is -2.14. The van der Waals surface area contributed by atoms with E-state index in [0.29, 0.717) is 5.78 Å². The topological polar surface area (TPSA) is 17.1 Å². The molecule has 0 aromatic carbocycles.